The van der Waals surface area contributed by atoms with Gasteiger partial charge in [0.05, 0.1) is 5.56 Å². The zero-order valence-electron chi connectivity index (χ0n) is 13.6. The van der Waals surface area contributed by atoms with Gasteiger partial charge in [-0.1, -0.05) is 23.7 Å². The van der Waals surface area contributed by atoms with E-state index < -0.39 is 12.4 Å². The minimum absolute atomic E-state index is 0.0233. The summed E-state index contributed by atoms with van der Waals surface area (Å²) in [4.78, 5) is 14.4. The van der Waals surface area contributed by atoms with Crippen LogP contribution in [0.2, 0.25) is 5.02 Å². The Hall–Kier alpha value is -2.60. The highest BCUT2D eigenvalue weighted by Crippen LogP contribution is 2.25. The van der Waals surface area contributed by atoms with E-state index in [0.29, 0.717) is 10.8 Å². The van der Waals surface area contributed by atoms with Crippen molar-refractivity contribution in [3.63, 3.8) is 0 Å². The van der Waals surface area contributed by atoms with E-state index >= 15 is 0 Å². The number of rotatable bonds is 7. The van der Waals surface area contributed by atoms with Gasteiger partial charge in [0.25, 0.3) is 0 Å². The van der Waals surface area contributed by atoms with Crippen LogP contribution in [0.1, 0.15) is 10.4 Å². The number of alkyl halides is 2. The quantitative estimate of drug-likeness (QED) is 0.407. The summed E-state index contributed by atoms with van der Waals surface area (Å²) in [6.07, 6.45) is 1.45. The summed E-state index contributed by atoms with van der Waals surface area (Å²) in [5, 5.41) is 0.521. The van der Waals surface area contributed by atoms with Crippen LogP contribution in [0.5, 0.6) is 11.5 Å². The van der Waals surface area contributed by atoms with Crippen molar-refractivity contribution >= 4 is 17.4 Å². The van der Waals surface area contributed by atoms with E-state index in [1.165, 1.54) is 24.4 Å². The molecule has 0 aliphatic heterocycles. The van der Waals surface area contributed by atoms with Crippen molar-refractivity contribution in [3.05, 3.63) is 71.1 Å². The van der Waals surface area contributed by atoms with Crippen LogP contribution < -0.4 is 9.47 Å². The van der Waals surface area contributed by atoms with E-state index in [4.69, 9.17) is 16.3 Å². The lowest BCUT2D eigenvalue weighted by atomic mass is 10.1. The van der Waals surface area contributed by atoms with Crippen molar-refractivity contribution in [3.8, 4) is 11.5 Å². The van der Waals surface area contributed by atoms with E-state index in [1.54, 1.807) is 49.3 Å². The molecule has 0 radical (unpaired) electrons. The molecule has 0 aliphatic carbocycles. The minimum Gasteiger partial charge on any atom is -0.452 e. The van der Waals surface area contributed by atoms with Crippen molar-refractivity contribution in [1.82, 2.24) is 4.90 Å². The summed E-state index contributed by atoms with van der Waals surface area (Å²) in [6, 6.07) is 12.2. The van der Waals surface area contributed by atoms with Crippen LogP contribution in [-0.2, 0) is 0 Å². The van der Waals surface area contributed by atoms with Gasteiger partial charge in [0, 0.05) is 25.3 Å². The summed E-state index contributed by atoms with van der Waals surface area (Å²) in [6.45, 7) is -3.03. The molecule has 0 bridgehead atoms. The third-order valence-electron chi connectivity index (χ3n) is 2.99. The number of ether oxygens (including phenoxy) is 2. The number of allylic oxidation sites excluding steroid dienone is 1. The minimum atomic E-state index is -3.03. The standard InChI is InChI=1S/C18H16ClF2NO3/c1-22(2)11-16(24-13-9-7-12(19)8-10-13)17(23)14-5-3-4-6-15(14)25-18(20)21/h3-11,18H,1-2H3/b16-11+. The molecule has 7 heteroatoms. The number of hydrogen-bond acceptors (Lipinski definition) is 4. The molecule has 0 amide bonds. The molecule has 2 aromatic carbocycles. The Bertz CT molecular complexity index is 761. The third-order valence-corrected chi connectivity index (χ3v) is 3.24. The van der Waals surface area contributed by atoms with Gasteiger partial charge in [-0.15, -0.1) is 0 Å². The second-order valence-electron chi connectivity index (χ2n) is 5.22. The molecule has 132 valence electrons. The van der Waals surface area contributed by atoms with Crippen molar-refractivity contribution in [2.24, 2.45) is 0 Å². The second kappa shape index (κ2) is 8.48. The van der Waals surface area contributed by atoms with Crippen LogP contribution in [0, 0.1) is 0 Å². The molecule has 0 aliphatic rings. The van der Waals surface area contributed by atoms with Gasteiger partial charge in [-0.3, -0.25) is 4.79 Å². The van der Waals surface area contributed by atoms with Crippen molar-refractivity contribution in [2.75, 3.05) is 14.1 Å². The van der Waals surface area contributed by atoms with Crippen LogP contribution in [-0.4, -0.2) is 31.4 Å². The third kappa shape index (κ3) is 5.46. The molecular formula is C18H16ClF2NO3. The number of carbonyl (C=O) groups is 1. The molecule has 2 aromatic rings. The number of nitrogens with zero attached hydrogens (tertiary/aromatic N) is 1. The van der Waals surface area contributed by atoms with Crippen molar-refractivity contribution in [2.45, 2.75) is 6.61 Å². The first-order valence-corrected chi connectivity index (χ1v) is 7.65. The number of hydrogen-bond donors (Lipinski definition) is 0. The summed E-state index contributed by atoms with van der Waals surface area (Å²) >= 11 is 5.83. The number of carbonyl (C=O) groups excluding carboxylic acids is 1. The average Bonchev–Trinajstić information content (AvgIpc) is 2.55. The number of para-hydroxylation sites is 1. The zero-order chi connectivity index (χ0) is 18.4. The maximum absolute atomic E-state index is 12.8. The van der Waals surface area contributed by atoms with Crippen LogP contribution in [0.4, 0.5) is 8.78 Å². The maximum atomic E-state index is 12.8. The van der Waals surface area contributed by atoms with Gasteiger partial charge >= 0.3 is 6.61 Å². The van der Waals surface area contributed by atoms with Crippen LogP contribution in [0.3, 0.4) is 0 Å². The van der Waals surface area contributed by atoms with E-state index in [9.17, 15) is 13.6 Å². The molecule has 0 spiro atoms. The monoisotopic (exact) mass is 367 g/mol. The summed E-state index contributed by atoms with van der Waals surface area (Å²) < 4.78 is 35.2. The Morgan fingerprint density at radius 3 is 2.36 bits per heavy atom. The average molecular weight is 368 g/mol. The lowest BCUT2D eigenvalue weighted by Crippen LogP contribution is -2.16. The molecule has 0 saturated carbocycles. The number of ketones is 1. The summed E-state index contributed by atoms with van der Waals surface area (Å²) in [5.74, 6) is -0.456. The number of halogens is 3. The molecule has 2 rings (SSSR count). The zero-order valence-corrected chi connectivity index (χ0v) is 14.3. The molecule has 0 N–H and O–H groups in total. The van der Waals surface area contributed by atoms with Gasteiger partial charge in [0.2, 0.25) is 5.78 Å². The van der Waals surface area contributed by atoms with Gasteiger partial charge in [0.1, 0.15) is 11.5 Å². The molecule has 0 unspecified atom stereocenters. The lowest BCUT2D eigenvalue weighted by molar-refractivity contribution is -0.0501. The van der Waals surface area contributed by atoms with Gasteiger partial charge in [-0.25, -0.2) is 0 Å². The van der Waals surface area contributed by atoms with Gasteiger partial charge < -0.3 is 14.4 Å². The molecule has 25 heavy (non-hydrogen) atoms. The highest BCUT2D eigenvalue weighted by Gasteiger charge is 2.21. The summed E-state index contributed by atoms with van der Waals surface area (Å²) in [5.41, 5.74) is -0.0233. The normalized spacial score (nSPS) is 11.4. The molecule has 0 heterocycles. The Balaban J connectivity index is 2.35. The first-order chi connectivity index (χ1) is 11.9. The largest absolute Gasteiger partial charge is 0.452 e. The Morgan fingerprint density at radius 2 is 1.76 bits per heavy atom. The highest BCUT2D eigenvalue weighted by atomic mass is 35.5. The Labute approximate surface area is 149 Å². The van der Waals surface area contributed by atoms with Crippen molar-refractivity contribution < 1.29 is 23.0 Å². The Morgan fingerprint density at radius 1 is 1.12 bits per heavy atom. The predicted octanol–water partition coefficient (Wildman–Crippen LogP) is 4.61. The maximum Gasteiger partial charge on any atom is 0.387 e. The van der Waals surface area contributed by atoms with E-state index in [-0.39, 0.29) is 17.1 Å². The Kier molecular flexibility index (Phi) is 6.36. The first kappa shape index (κ1) is 18.7. The summed E-state index contributed by atoms with van der Waals surface area (Å²) in [7, 11) is 3.42. The van der Waals surface area contributed by atoms with Crippen LogP contribution >= 0.6 is 11.6 Å². The van der Waals surface area contributed by atoms with Crippen molar-refractivity contribution in [1.29, 1.82) is 0 Å². The van der Waals surface area contributed by atoms with E-state index in [1.807, 2.05) is 0 Å². The van der Waals surface area contributed by atoms with Gasteiger partial charge in [-0.2, -0.15) is 8.78 Å². The van der Waals surface area contributed by atoms with Gasteiger partial charge in [0.15, 0.2) is 5.76 Å². The second-order valence-corrected chi connectivity index (χ2v) is 5.65. The fourth-order valence-corrected chi connectivity index (χ4v) is 2.11. The molecule has 0 saturated heterocycles. The fourth-order valence-electron chi connectivity index (χ4n) is 1.98. The smallest absolute Gasteiger partial charge is 0.387 e. The molecular weight excluding hydrogens is 352 g/mol. The lowest BCUT2D eigenvalue weighted by Gasteiger charge is -2.15. The topological polar surface area (TPSA) is 38.8 Å². The predicted molar refractivity (Wildman–Crippen MR) is 91.3 cm³/mol. The number of benzene rings is 2. The first-order valence-electron chi connectivity index (χ1n) is 7.27. The number of Topliss-reactive ketones (excluding diaryl/α,β-unsaturated/α-hetero) is 1. The molecule has 0 atom stereocenters. The SMILES string of the molecule is CN(C)/C=C(/Oc1ccc(Cl)cc1)C(=O)c1ccccc1OC(F)F. The van der Waals surface area contributed by atoms with E-state index in [0.717, 1.165) is 0 Å². The fraction of sp³-hybridized carbons (Fsp3) is 0.167. The van der Waals surface area contributed by atoms with Crippen LogP contribution in [0.15, 0.2) is 60.5 Å². The molecule has 0 fully saturated rings. The molecule has 0 aromatic heterocycles. The highest BCUT2D eigenvalue weighted by molar-refractivity contribution is 6.30. The molecule has 4 nitrogen and oxygen atoms in total. The van der Waals surface area contributed by atoms with Crippen LogP contribution in [0.25, 0.3) is 0 Å². The van der Waals surface area contributed by atoms with Gasteiger partial charge in [-0.05, 0) is 36.4 Å². The van der Waals surface area contributed by atoms with E-state index in [2.05, 4.69) is 4.74 Å².